The molecule has 3 atom stereocenters. The fourth-order valence-corrected chi connectivity index (χ4v) is 5.63. The van der Waals surface area contributed by atoms with Gasteiger partial charge in [0.15, 0.2) is 0 Å². The predicted molar refractivity (Wildman–Crippen MR) is 122 cm³/mol. The molecule has 2 aromatic heterocycles. The number of fused-ring (bicyclic) bond motifs is 2. The van der Waals surface area contributed by atoms with E-state index in [-0.39, 0.29) is 17.7 Å². The maximum absolute atomic E-state index is 12.5. The van der Waals surface area contributed by atoms with Crippen LogP contribution in [0.25, 0.3) is 0 Å². The topological polar surface area (TPSA) is 88.4 Å². The molecule has 170 valence electrons. The molecular weight excluding hydrogens is 406 g/mol. The van der Waals surface area contributed by atoms with Gasteiger partial charge in [0.1, 0.15) is 0 Å². The second kappa shape index (κ2) is 8.35. The Bertz CT molecular complexity index is 1030. The molecule has 3 unspecified atom stereocenters. The number of piperidine rings is 1. The maximum atomic E-state index is 12.5. The fraction of sp³-hybridized carbons (Fsp3) is 0.652. The molecule has 7 heterocycles. The van der Waals surface area contributed by atoms with Crippen molar-refractivity contribution in [2.75, 3.05) is 47.9 Å². The van der Waals surface area contributed by atoms with Crippen molar-refractivity contribution in [1.29, 1.82) is 0 Å². The lowest BCUT2D eigenvalue weighted by molar-refractivity contribution is 0.120. The van der Waals surface area contributed by atoms with Crippen LogP contribution in [0.3, 0.4) is 0 Å². The molecule has 0 aromatic carbocycles. The molecule has 7 rings (SSSR count). The van der Waals surface area contributed by atoms with Crippen LogP contribution in [-0.4, -0.2) is 58.4 Å². The Balaban J connectivity index is 1.35. The highest BCUT2D eigenvalue weighted by atomic mass is 16.5. The van der Waals surface area contributed by atoms with E-state index >= 15 is 0 Å². The van der Waals surface area contributed by atoms with E-state index in [1.807, 2.05) is 10.6 Å². The van der Waals surface area contributed by atoms with Gasteiger partial charge in [-0.2, -0.15) is 15.0 Å². The number of pyridine rings is 1. The molecule has 0 radical (unpaired) electrons. The average Bonchev–Trinajstić information content (AvgIpc) is 3.48. The molecule has 2 aromatic rings. The van der Waals surface area contributed by atoms with Crippen molar-refractivity contribution < 1.29 is 4.74 Å². The normalized spacial score (nSPS) is 26.9. The monoisotopic (exact) mass is 437 g/mol. The van der Waals surface area contributed by atoms with E-state index in [2.05, 4.69) is 21.2 Å². The zero-order valence-electron chi connectivity index (χ0n) is 18.4. The number of rotatable bonds is 5. The van der Waals surface area contributed by atoms with Crippen LogP contribution in [-0.2, 0) is 11.3 Å². The highest BCUT2D eigenvalue weighted by Gasteiger charge is 2.37. The summed E-state index contributed by atoms with van der Waals surface area (Å²) in [6.07, 6.45) is 6.89. The minimum atomic E-state index is 0.0913. The fourth-order valence-electron chi connectivity index (χ4n) is 5.63. The first-order valence-electron chi connectivity index (χ1n) is 12.1. The molecule has 0 aliphatic carbocycles. The van der Waals surface area contributed by atoms with Gasteiger partial charge in [-0.05, 0) is 50.5 Å². The summed E-state index contributed by atoms with van der Waals surface area (Å²) < 4.78 is 7.73. The first-order chi connectivity index (χ1) is 15.7. The minimum Gasteiger partial charge on any atom is -0.376 e. The van der Waals surface area contributed by atoms with Gasteiger partial charge in [0.2, 0.25) is 17.8 Å². The van der Waals surface area contributed by atoms with Crippen molar-refractivity contribution >= 4 is 17.8 Å². The third-order valence-electron chi connectivity index (χ3n) is 7.31. The summed E-state index contributed by atoms with van der Waals surface area (Å²) in [5.74, 6) is 2.52. The first kappa shape index (κ1) is 20.0. The lowest BCUT2D eigenvalue weighted by Crippen LogP contribution is -2.38. The van der Waals surface area contributed by atoms with Crippen molar-refractivity contribution in [2.24, 2.45) is 5.92 Å². The van der Waals surface area contributed by atoms with Gasteiger partial charge in [0, 0.05) is 51.1 Å². The molecule has 3 fully saturated rings. The summed E-state index contributed by atoms with van der Waals surface area (Å²) in [4.78, 5) is 31.7. The van der Waals surface area contributed by atoms with Crippen molar-refractivity contribution in [1.82, 2.24) is 19.5 Å². The Morgan fingerprint density at radius 3 is 2.72 bits per heavy atom. The first-order valence-corrected chi connectivity index (χ1v) is 12.1. The highest BCUT2D eigenvalue weighted by Crippen LogP contribution is 2.39. The molecule has 5 aliphatic heterocycles. The van der Waals surface area contributed by atoms with Crippen LogP contribution < -0.4 is 20.7 Å². The number of ether oxygens (including phenoxy) is 1. The predicted octanol–water partition coefficient (Wildman–Crippen LogP) is 2.20. The van der Waals surface area contributed by atoms with E-state index in [0.29, 0.717) is 18.4 Å². The Hall–Kier alpha value is -2.68. The van der Waals surface area contributed by atoms with Crippen LogP contribution in [0.1, 0.15) is 50.3 Å². The van der Waals surface area contributed by atoms with Crippen LogP contribution >= 0.6 is 0 Å². The van der Waals surface area contributed by atoms with Crippen molar-refractivity contribution in [3.63, 3.8) is 0 Å². The number of nitrogens with one attached hydrogen (secondary N) is 1. The second-order valence-corrected chi connectivity index (χ2v) is 9.48. The van der Waals surface area contributed by atoms with Crippen molar-refractivity contribution in [3.05, 3.63) is 34.2 Å². The second-order valence-electron chi connectivity index (χ2n) is 9.48. The Kier molecular flexibility index (Phi) is 5.21. The Labute approximate surface area is 187 Å². The minimum absolute atomic E-state index is 0.0913. The Morgan fingerprint density at radius 2 is 1.88 bits per heavy atom. The standard InChI is InChI=1S/C23H31N7O2/c31-20-7-3-6-18-19-9-8-16(14-29(18)20)15-30(19)23-26-21(24-13-17-5-4-12-32-17)25-22(27-23)28-10-1-2-11-28/h3,6-7,16-17,19H,1-2,4-5,8-15H2,(H,24,25,26,27). The van der Waals surface area contributed by atoms with Gasteiger partial charge in [0.25, 0.3) is 5.56 Å². The van der Waals surface area contributed by atoms with E-state index in [9.17, 15) is 4.79 Å². The molecular formula is C23H31N7O2. The molecule has 1 N–H and O–H groups in total. The van der Waals surface area contributed by atoms with Crippen LogP contribution in [0.2, 0.25) is 0 Å². The third kappa shape index (κ3) is 3.72. The molecule has 9 nitrogen and oxygen atoms in total. The zero-order valence-corrected chi connectivity index (χ0v) is 18.4. The number of nitrogens with zero attached hydrogens (tertiary/aromatic N) is 6. The third-order valence-corrected chi connectivity index (χ3v) is 7.31. The molecule has 5 aliphatic rings. The van der Waals surface area contributed by atoms with Gasteiger partial charge < -0.3 is 24.4 Å². The molecule has 2 bridgehead atoms. The van der Waals surface area contributed by atoms with Gasteiger partial charge >= 0.3 is 0 Å². The van der Waals surface area contributed by atoms with Gasteiger partial charge in [-0.3, -0.25) is 4.79 Å². The molecule has 0 amide bonds. The summed E-state index contributed by atoms with van der Waals surface area (Å²) in [6.45, 7) is 5.16. The lowest BCUT2D eigenvalue weighted by Gasteiger charge is -2.36. The molecule has 0 saturated carbocycles. The van der Waals surface area contributed by atoms with E-state index in [0.717, 1.165) is 76.1 Å². The Morgan fingerprint density at radius 1 is 1.00 bits per heavy atom. The zero-order chi connectivity index (χ0) is 21.5. The number of hydrogen-bond acceptors (Lipinski definition) is 8. The number of anilines is 3. The van der Waals surface area contributed by atoms with Crippen molar-refractivity contribution in [2.45, 2.75) is 57.2 Å². The molecule has 0 spiro atoms. The van der Waals surface area contributed by atoms with Crippen LogP contribution in [0, 0.1) is 5.92 Å². The smallest absolute Gasteiger partial charge is 0.250 e. The van der Waals surface area contributed by atoms with Gasteiger partial charge in [-0.15, -0.1) is 0 Å². The van der Waals surface area contributed by atoms with E-state index < -0.39 is 0 Å². The summed E-state index contributed by atoms with van der Waals surface area (Å²) in [5, 5.41) is 3.42. The summed E-state index contributed by atoms with van der Waals surface area (Å²) in [5.41, 5.74) is 1.17. The summed E-state index contributed by atoms with van der Waals surface area (Å²) in [6, 6.07) is 5.75. The summed E-state index contributed by atoms with van der Waals surface area (Å²) >= 11 is 0. The van der Waals surface area contributed by atoms with E-state index in [4.69, 9.17) is 19.7 Å². The summed E-state index contributed by atoms with van der Waals surface area (Å²) in [7, 11) is 0. The molecule has 9 heteroatoms. The van der Waals surface area contributed by atoms with Crippen LogP contribution in [0.4, 0.5) is 17.8 Å². The number of aromatic nitrogens is 4. The number of hydrogen-bond donors (Lipinski definition) is 1. The largest absolute Gasteiger partial charge is 0.376 e. The van der Waals surface area contributed by atoms with Gasteiger partial charge in [0.05, 0.1) is 12.1 Å². The SMILES string of the molecule is O=c1cccc2n1CC1CCC2N(c2nc(NCC3CCCO3)nc(N3CCCC3)n2)C1. The molecule has 3 saturated heterocycles. The van der Waals surface area contributed by atoms with E-state index in [1.54, 1.807) is 6.07 Å². The van der Waals surface area contributed by atoms with Crippen molar-refractivity contribution in [3.8, 4) is 0 Å². The highest BCUT2D eigenvalue weighted by molar-refractivity contribution is 5.48. The lowest BCUT2D eigenvalue weighted by atomic mass is 9.94. The van der Waals surface area contributed by atoms with Gasteiger partial charge in [-0.25, -0.2) is 0 Å². The van der Waals surface area contributed by atoms with E-state index in [1.165, 1.54) is 12.8 Å². The average molecular weight is 438 g/mol. The molecule has 32 heavy (non-hydrogen) atoms. The van der Waals surface area contributed by atoms with Crippen LogP contribution in [0.15, 0.2) is 23.0 Å². The van der Waals surface area contributed by atoms with Gasteiger partial charge in [-0.1, -0.05) is 6.07 Å². The quantitative estimate of drug-likeness (QED) is 0.762. The maximum Gasteiger partial charge on any atom is 0.250 e. The van der Waals surface area contributed by atoms with Crippen LogP contribution in [0.5, 0.6) is 0 Å².